The van der Waals surface area contributed by atoms with Crippen LogP contribution in [0.1, 0.15) is 59.3 Å². The lowest BCUT2D eigenvalue weighted by molar-refractivity contribution is -0.155. The molecule has 2 bridgehead atoms. The summed E-state index contributed by atoms with van der Waals surface area (Å²) in [5, 5.41) is 10.4. The summed E-state index contributed by atoms with van der Waals surface area (Å²) in [5.41, 5.74) is -0.506. The van der Waals surface area contributed by atoms with Gasteiger partial charge in [0.1, 0.15) is 5.78 Å². The molecule has 0 unspecified atom stereocenters. The summed E-state index contributed by atoms with van der Waals surface area (Å²) in [5.74, 6) is 0.262. The van der Waals surface area contributed by atoms with Crippen molar-refractivity contribution in [2.75, 3.05) is 0 Å². The predicted molar refractivity (Wildman–Crippen MR) is 59.5 cm³/mol. The monoisotopic (exact) mass is 210 g/mol. The van der Waals surface area contributed by atoms with Gasteiger partial charge >= 0.3 is 0 Å². The van der Waals surface area contributed by atoms with Crippen LogP contribution in [0.3, 0.4) is 0 Å². The molecular formula is C13H22O2. The van der Waals surface area contributed by atoms with Crippen LogP contribution in [-0.2, 0) is 4.79 Å². The molecule has 2 heteroatoms. The van der Waals surface area contributed by atoms with Crippen LogP contribution in [0.25, 0.3) is 0 Å². The summed E-state index contributed by atoms with van der Waals surface area (Å²) in [4.78, 5) is 11.8. The number of carbonyl (C=O) groups excluding carboxylic acids is 1. The van der Waals surface area contributed by atoms with Crippen LogP contribution < -0.4 is 0 Å². The first-order chi connectivity index (χ1) is 6.77. The van der Waals surface area contributed by atoms with E-state index in [9.17, 15) is 9.90 Å². The highest BCUT2D eigenvalue weighted by Crippen LogP contribution is 2.58. The maximum atomic E-state index is 11.8. The Morgan fingerprint density at radius 2 is 1.87 bits per heavy atom. The first kappa shape index (κ1) is 11.1. The second-order valence-electron chi connectivity index (χ2n) is 6.68. The highest BCUT2D eigenvalue weighted by atomic mass is 16.3. The third-order valence-corrected chi connectivity index (χ3v) is 4.62. The van der Waals surface area contributed by atoms with Crippen LogP contribution in [0.5, 0.6) is 0 Å². The van der Waals surface area contributed by atoms with Gasteiger partial charge in [0.2, 0.25) is 0 Å². The van der Waals surface area contributed by atoms with E-state index in [0.29, 0.717) is 12.8 Å². The van der Waals surface area contributed by atoms with Gasteiger partial charge in [-0.2, -0.15) is 0 Å². The van der Waals surface area contributed by atoms with E-state index in [4.69, 9.17) is 0 Å². The van der Waals surface area contributed by atoms with Crippen LogP contribution in [0.15, 0.2) is 0 Å². The van der Waals surface area contributed by atoms with Gasteiger partial charge in [-0.25, -0.2) is 0 Å². The van der Waals surface area contributed by atoms with Crippen molar-refractivity contribution in [2.45, 2.75) is 64.9 Å². The van der Waals surface area contributed by atoms with Crippen molar-refractivity contribution in [1.82, 2.24) is 0 Å². The van der Waals surface area contributed by atoms with E-state index in [1.807, 2.05) is 0 Å². The molecule has 0 amide bonds. The molecule has 2 nitrogen and oxygen atoms in total. The number of hydrogen-bond donors (Lipinski definition) is 1. The van der Waals surface area contributed by atoms with Crippen molar-refractivity contribution in [3.05, 3.63) is 0 Å². The second-order valence-corrected chi connectivity index (χ2v) is 6.68. The van der Waals surface area contributed by atoms with Crippen LogP contribution in [0.2, 0.25) is 0 Å². The van der Waals surface area contributed by atoms with Gasteiger partial charge in [-0.1, -0.05) is 20.8 Å². The largest absolute Gasteiger partial charge is 0.389 e. The third kappa shape index (κ3) is 1.73. The number of fused-ring (bicyclic) bond motifs is 2. The molecule has 0 spiro atoms. The van der Waals surface area contributed by atoms with E-state index in [2.05, 4.69) is 20.8 Å². The van der Waals surface area contributed by atoms with Gasteiger partial charge < -0.3 is 5.11 Å². The van der Waals surface area contributed by atoms with Gasteiger partial charge in [-0.05, 0) is 36.5 Å². The molecule has 0 aromatic carbocycles. The highest BCUT2D eigenvalue weighted by Gasteiger charge is 2.54. The topological polar surface area (TPSA) is 37.3 Å². The van der Waals surface area contributed by atoms with Crippen LogP contribution in [0, 0.1) is 10.8 Å². The van der Waals surface area contributed by atoms with Gasteiger partial charge in [-0.15, -0.1) is 0 Å². The minimum Gasteiger partial charge on any atom is -0.389 e. The molecule has 2 rings (SSSR count). The number of aliphatic hydroxyl groups is 1. The van der Waals surface area contributed by atoms with Gasteiger partial charge in [0.05, 0.1) is 5.60 Å². The molecule has 2 aliphatic rings. The zero-order chi connectivity index (χ0) is 11.3. The Hall–Kier alpha value is -0.370. The Morgan fingerprint density at radius 1 is 1.20 bits per heavy atom. The van der Waals surface area contributed by atoms with Crippen molar-refractivity contribution in [2.24, 2.45) is 10.8 Å². The Kier molecular flexibility index (Phi) is 2.27. The second kappa shape index (κ2) is 3.07. The molecule has 0 aromatic rings. The quantitative estimate of drug-likeness (QED) is 0.667. The zero-order valence-electron chi connectivity index (χ0n) is 10.1. The molecule has 86 valence electrons. The van der Waals surface area contributed by atoms with Crippen molar-refractivity contribution in [3.63, 3.8) is 0 Å². The van der Waals surface area contributed by atoms with E-state index >= 15 is 0 Å². The number of hydrogen-bond acceptors (Lipinski definition) is 2. The predicted octanol–water partition coefficient (Wildman–Crippen LogP) is 2.69. The number of ketones is 1. The van der Waals surface area contributed by atoms with Crippen LogP contribution in [0.4, 0.5) is 0 Å². The molecule has 2 aliphatic carbocycles. The smallest absolute Gasteiger partial charge is 0.136 e. The first-order valence-corrected chi connectivity index (χ1v) is 6.01. The normalized spacial score (nSPS) is 41.7. The van der Waals surface area contributed by atoms with E-state index in [1.165, 1.54) is 0 Å². The highest BCUT2D eigenvalue weighted by molar-refractivity contribution is 5.81. The van der Waals surface area contributed by atoms with Gasteiger partial charge in [0.25, 0.3) is 0 Å². The van der Waals surface area contributed by atoms with E-state index in [-0.39, 0.29) is 16.6 Å². The third-order valence-electron chi connectivity index (χ3n) is 4.62. The van der Waals surface area contributed by atoms with Gasteiger partial charge in [-0.3, -0.25) is 4.79 Å². The molecule has 2 saturated carbocycles. The molecule has 0 radical (unpaired) electrons. The van der Waals surface area contributed by atoms with E-state index in [1.54, 1.807) is 0 Å². The Labute approximate surface area is 92.1 Å². The SMILES string of the molecule is CC(C)(C)[C@]12CCC[C@](O)(CC(=O)C1)C2. The molecule has 2 atom stereocenters. The Morgan fingerprint density at radius 3 is 2.47 bits per heavy atom. The standard InChI is InChI=1S/C13H22O2/c1-11(2,3)12-5-4-6-13(15,9-12)8-10(14)7-12/h15H,4-9H2,1-3H3/t12-,13+/m1/s1. The lowest BCUT2D eigenvalue weighted by Gasteiger charge is -2.55. The number of carbonyl (C=O) groups is 1. The zero-order valence-corrected chi connectivity index (χ0v) is 10.1. The van der Waals surface area contributed by atoms with Crippen molar-refractivity contribution in [3.8, 4) is 0 Å². The minimum atomic E-state index is -0.680. The Balaban J connectivity index is 2.35. The van der Waals surface area contributed by atoms with E-state index < -0.39 is 5.60 Å². The molecule has 0 saturated heterocycles. The summed E-state index contributed by atoms with van der Waals surface area (Å²) in [6, 6.07) is 0. The molecule has 0 aliphatic heterocycles. The lowest BCUT2D eigenvalue weighted by Crippen LogP contribution is -2.53. The van der Waals surface area contributed by atoms with Gasteiger partial charge in [0, 0.05) is 12.8 Å². The minimum absolute atomic E-state index is 0.0509. The lowest BCUT2D eigenvalue weighted by atomic mass is 9.50. The fraction of sp³-hybridized carbons (Fsp3) is 0.923. The summed E-state index contributed by atoms with van der Waals surface area (Å²) in [6.45, 7) is 6.62. The van der Waals surface area contributed by atoms with Gasteiger partial charge in [0.15, 0.2) is 0 Å². The summed E-state index contributed by atoms with van der Waals surface area (Å²) >= 11 is 0. The summed E-state index contributed by atoms with van der Waals surface area (Å²) < 4.78 is 0. The molecule has 15 heavy (non-hydrogen) atoms. The van der Waals surface area contributed by atoms with E-state index in [0.717, 1.165) is 25.7 Å². The maximum absolute atomic E-state index is 11.8. The van der Waals surface area contributed by atoms with Crippen molar-refractivity contribution < 1.29 is 9.90 Å². The summed E-state index contributed by atoms with van der Waals surface area (Å²) in [7, 11) is 0. The molecule has 0 aromatic heterocycles. The Bertz CT molecular complexity index is 289. The van der Waals surface area contributed by atoms with Crippen molar-refractivity contribution >= 4 is 5.78 Å². The number of Topliss-reactive ketones (excluding diaryl/α,β-unsaturated/α-hetero) is 1. The molecule has 2 fully saturated rings. The molecule has 1 N–H and O–H groups in total. The number of rotatable bonds is 0. The van der Waals surface area contributed by atoms with Crippen LogP contribution in [-0.4, -0.2) is 16.5 Å². The average Bonchev–Trinajstić information content (AvgIpc) is 1.98. The first-order valence-electron chi connectivity index (χ1n) is 6.01. The molecular weight excluding hydrogens is 188 g/mol. The summed E-state index contributed by atoms with van der Waals surface area (Å²) in [6.07, 6.45) is 4.89. The van der Waals surface area contributed by atoms with Crippen LogP contribution >= 0.6 is 0 Å². The fourth-order valence-corrected chi connectivity index (χ4v) is 3.58. The maximum Gasteiger partial charge on any atom is 0.136 e. The molecule has 0 heterocycles. The van der Waals surface area contributed by atoms with Crippen molar-refractivity contribution in [1.29, 1.82) is 0 Å². The average molecular weight is 210 g/mol. The fourth-order valence-electron chi connectivity index (χ4n) is 3.58.